The zero-order valence-electron chi connectivity index (χ0n) is 16.1. The van der Waals surface area contributed by atoms with Crippen molar-refractivity contribution in [2.24, 2.45) is 5.92 Å². The lowest BCUT2D eigenvalue weighted by Gasteiger charge is -2.15. The van der Waals surface area contributed by atoms with E-state index in [1.54, 1.807) is 6.07 Å². The van der Waals surface area contributed by atoms with Gasteiger partial charge in [-0.3, -0.25) is 4.79 Å². The normalized spacial score (nSPS) is 17.2. The summed E-state index contributed by atoms with van der Waals surface area (Å²) in [7, 11) is 0. The Bertz CT molecular complexity index is 905. The maximum absolute atomic E-state index is 12.4. The maximum atomic E-state index is 12.4. The van der Waals surface area contributed by atoms with Crippen LogP contribution < -0.4 is 5.32 Å². The Morgan fingerprint density at radius 2 is 1.90 bits per heavy atom. The van der Waals surface area contributed by atoms with E-state index in [-0.39, 0.29) is 11.6 Å². The number of carbonyl (C=O) groups excluding carboxylic acids is 1. The summed E-state index contributed by atoms with van der Waals surface area (Å²) in [5.74, 6) is 0.611. The van der Waals surface area contributed by atoms with Gasteiger partial charge < -0.3 is 19.3 Å². The standard InChI is InChI=1S/C23H24N2O4/c26-23(24-14-18-11-12-27-15-18)20-13-21(29-25-20)22(19-9-5-2-6-10-19)28-16-17-7-3-1-4-8-17/h1-10,13,18,22H,11-12,14-16H2,(H,24,26). The molecule has 150 valence electrons. The average molecular weight is 392 g/mol. The lowest BCUT2D eigenvalue weighted by molar-refractivity contribution is 0.0483. The van der Waals surface area contributed by atoms with E-state index in [0.717, 1.165) is 24.2 Å². The first kappa shape index (κ1) is 19.4. The van der Waals surface area contributed by atoms with Crippen LogP contribution in [0, 0.1) is 5.92 Å². The summed E-state index contributed by atoms with van der Waals surface area (Å²) in [6.45, 7) is 2.44. The first-order valence-corrected chi connectivity index (χ1v) is 9.82. The van der Waals surface area contributed by atoms with E-state index in [1.807, 2.05) is 60.7 Å². The second kappa shape index (κ2) is 9.49. The average Bonchev–Trinajstić information content (AvgIpc) is 3.46. The fourth-order valence-corrected chi connectivity index (χ4v) is 3.32. The molecule has 0 aliphatic carbocycles. The Kier molecular flexibility index (Phi) is 6.34. The highest BCUT2D eigenvalue weighted by Crippen LogP contribution is 2.28. The number of carbonyl (C=O) groups is 1. The number of amides is 1. The van der Waals surface area contributed by atoms with Crippen LogP contribution in [-0.4, -0.2) is 30.8 Å². The SMILES string of the molecule is O=C(NCC1CCOC1)c1cc(C(OCc2ccccc2)c2ccccc2)on1. The molecular weight excluding hydrogens is 368 g/mol. The highest BCUT2D eigenvalue weighted by Gasteiger charge is 2.23. The van der Waals surface area contributed by atoms with E-state index in [2.05, 4.69) is 10.5 Å². The van der Waals surface area contributed by atoms with Crippen molar-refractivity contribution in [2.45, 2.75) is 19.1 Å². The van der Waals surface area contributed by atoms with Crippen molar-refractivity contribution in [2.75, 3.05) is 19.8 Å². The van der Waals surface area contributed by atoms with E-state index >= 15 is 0 Å². The van der Waals surface area contributed by atoms with Crippen LogP contribution >= 0.6 is 0 Å². The van der Waals surface area contributed by atoms with Crippen LogP contribution in [0.15, 0.2) is 71.3 Å². The molecule has 3 aromatic rings. The van der Waals surface area contributed by atoms with E-state index in [9.17, 15) is 4.79 Å². The molecule has 4 rings (SSSR count). The summed E-state index contributed by atoms with van der Waals surface area (Å²) < 4.78 is 17.0. The predicted octanol–water partition coefficient (Wildman–Crippen LogP) is 3.75. The van der Waals surface area contributed by atoms with E-state index in [1.165, 1.54) is 0 Å². The Hall–Kier alpha value is -2.96. The molecule has 6 heteroatoms. The quantitative estimate of drug-likeness (QED) is 0.632. The molecule has 1 saturated heterocycles. The van der Waals surface area contributed by atoms with Crippen LogP contribution in [0.1, 0.15) is 39.9 Å². The van der Waals surface area contributed by atoms with Gasteiger partial charge in [-0.25, -0.2) is 0 Å². The van der Waals surface area contributed by atoms with Crippen LogP contribution in [0.3, 0.4) is 0 Å². The molecule has 0 radical (unpaired) electrons. The summed E-state index contributed by atoms with van der Waals surface area (Å²) in [5.41, 5.74) is 2.25. The number of hydrogen-bond donors (Lipinski definition) is 1. The van der Waals surface area contributed by atoms with Crippen molar-refractivity contribution in [3.8, 4) is 0 Å². The Morgan fingerprint density at radius 3 is 2.62 bits per heavy atom. The second-order valence-electron chi connectivity index (χ2n) is 7.14. The van der Waals surface area contributed by atoms with Gasteiger partial charge in [0.2, 0.25) is 0 Å². The molecule has 1 N–H and O–H groups in total. The number of rotatable bonds is 8. The van der Waals surface area contributed by atoms with Crippen molar-refractivity contribution in [1.29, 1.82) is 0 Å². The fraction of sp³-hybridized carbons (Fsp3) is 0.304. The summed E-state index contributed by atoms with van der Waals surface area (Å²) >= 11 is 0. The van der Waals surface area contributed by atoms with Crippen LogP contribution in [0.5, 0.6) is 0 Å². The van der Waals surface area contributed by atoms with Gasteiger partial charge in [-0.15, -0.1) is 0 Å². The third kappa shape index (κ3) is 5.10. The molecule has 6 nitrogen and oxygen atoms in total. The van der Waals surface area contributed by atoms with Crippen molar-refractivity contribution >= 4 is 5.91 Å². The maximum Gasteiger partial charge on any atom is 0.273 e. The monoisotopic (exact) mass is 392 g/mol. The van der Waals surface area contributed by atoms with E-state index < -0.39 is 6.10 Å². The number of nitrogens with one attached hydrogen (secondary N) is 1. The zero-order chi connectivity index (χ0) is 19.9. The fourth-order valence-electron chi connectivity index (χ4n) is 3.32. The van der Waals surface area contributed by atoms with E-state index in [0.29, 0.717) is 31.4 Å². The number of ether oxygens (including phenoxy) is 2. The minimum Gasteiger partial charge on any atom is -0.381 e. The van der Waals surface area contributed by atoms with Crippen LogP contribution in [0.25, 0.3) is 0 Å². The molecule has 2 unspecified atom stereocenters. The molecule has 0 bridgehead atoms. The van der Waals surface area contributed by atoms with Crippen molar-refractivity contribution in [3.63, 3.8) is 0 Å². The van der Waals surface area contributed by atoms with E-state index in [4.69, 9.17) is 14.0 Å². The van der Waals surface area contributed by atoms with Gasteiger partial charge in [0.1, 0.15) is 6.10 Å². The van der Waals surface area contributed by atoms with Gasteiger partial charge in [0.15, 0.2) is 11.5 Å². The number of nitrogens with zero attached hydrogens (tertiary/aromatic N) is 1. The number of benzene rings is 2. The molecule has 2 heterocycles. The highest BCUT2D eigenvalue weighted by molar-refractivity contribution is 5.92. The molecule has 1 amide bonds. The smallest absolute Gasteiger partial charge is 0.273 e. The second-order valence-corrected chi connectivity index (χ2v) is 7.14. The Balaban J connectivity index is 1.46. The topological polar surface area (TPSA) is 73.6 Å². The largest absolute Gasteiger partial charge is 0.381 e. The lowest BCUT2D eigenvalue weighted by Crippen LogP contribution is -2.29. The molecule has 1 aromatic heterocycles. The molecule has 1 aliphatic heterocycles. The van der Waals surface area contributed by atoms with Gasteiger partial charge in [0, 0.05) is 25.1 Å². The van der Waals surface area contributed by atoms with Gasteiger partial charge in [-0.1, -0.05) is 65.8 Å². The first-order valence-electron chi connectivity index (χ1n) is 9.82. The molecule has 1 aliphatic rings. The predicted molar refractivity (Wildman–Crippen MR) is 107 cm³/mol. The van der Waals surface area contributed by atoms with Crippen molar-refractivity contribution in [3.05, 3.63) is 89.3 Å². The van der Waals surface area contributed by atoms with Crippen molar-refractivity contribution in [1.82, 2.24) is 10.5 Å². The van der Waals surface area contributed by atoms with Crippen LogP contribution in [0.4, 0.5) is 0 Å². The third-order valence-electron chi connectivity index (χ3n) is 4.96. The third-order valence-corrected chi connectivity index (χ3v) is 4.96. The number of hydrogen-bond acceptors (Lipinski definition) is 5. The van der Waals surface area contributed by atoms with Gasteiger partial charge in [0.25, 0.3) is 5.91 Å². The molecule has 0 saturated carbocycles. The molecule has 2 aromatic carbocycles. The van der Waals surface area contributed by atoms with Gasteiger partial charge in [-0.05, 0) is 17.5 Å². The zero-order valence-corrected chi connectivity index (χ0v) is 16.1. The molecule has 0 spiro atoms. The lowest BCUT2D eigenvalue weighted by atomic mass is 10.1. The van der Waals surface area contributed by atoms with Gasteiger partial charge in [-0.2, -0.15) is 0 Å². The summed E-state index contributed by atoms with van der Waals surface area (Å²) in [6.07, 6.45) is 0.516. The van der Waals surface area contributed by atoms with Gasteiger partial charge in [0.05, 0.1) is 13.2 Å². The van der Waals surface area contributed by atoms with Crippen molar-refractivity contribution < 1.29 is 18.8 Å². The number of aromatic nitrogens is 1. The van der Waals surface area contributed by atoms with Crippen LogP contribution in [0.2, 0.25) is 0 Å². The Morgan fingerprint density at radius 1 is 1.14 bits per heavy atom. The Labute approximate surface area is 169 Å². The minimum atomic E-state index is -0.450. The van der Waals surface area contributed by atoms with Crippen LogP contribution in [-0.2, 0) is 16.1 Å². The molecule has 1 fully saturated rings. The summed E-state index contributed by atoms with van der Waals surface area (Å²) in [5, 5.41) is 6.87. The first-order chi connectivity index (χ1) is 14.3. The highest BCUT2D eigenvalue weighted by atomic mass is 16.5. The summed E-state index contributed by atoms with van der Waals surface area (Å²) in [6, 6.07) is 21.4. The molecule has 29 heavy (non-hydrogen) atoms. The summed E-state index contributed by atoms with van der Waals surface area (Å²) in [4.78, 5) is 12.4. The minimum absolute atomic E-state index is 0.248. The molecule has 2 atom stereocenters. The van der Waals surface area contributed by atoms with Gasteiger partial charge >= 0.3 is 0 Å². The molecular formula is C23H24N2O4.